The van der Waals surface area contributed by atoms with Crippen LogP contribution in [0.2, 0.25) is 0 Å². The van der Waals surface area contributed by atoms with Crippen LogP contribution >= 0.6 is 11.8 Å². The number of hydrogen-bond acceptors (Lipinski definition) is 3. The van der Waals surface area contributed by atoms with Crippen LogP contribution in [0.4, 0.5) is 0 Å². The quantitative estimate of drug-likeness (QED) is 0.775. The number of likely N-dealkylation sites (N-methyl/N-ethyl adjacent to an activating group) is 1. The van der Waals surface area contributed by atoms with Gasteiger partial charge in [0.2, 0.25) is 11.8 Å². The summed E-state index contributed by atoms with van der Waals surface area (Å²) in [6, 6.07) is 17.3. The molecule has 1 N–H and O–H groups in total. The molecule has 132 valence electrons. The molecule has 25 heavy (non-hydrogen) atoms. The lowest BCUT2D eigenvalue weighted by molar-refractivity contribution is -0.138. The number of amides is 2. The zero-order valence-electron chi connectivity index (χ0n) is 14.9. The van der Waals surface area contributed by atoms with E-state index in [0.717, 1.165) is 10.5 Å². The Kier molecular flexibility index (Phi) is 7.07. The summed E-state index contributed by atoms with van der Waals surface area (Å²) in [5.74, 6) is 0.0900. The minimum atomic E-state index is -0.517. The highest BCUT2D eigenvalue weighted by Crippen LogP contribution is 2.20. The van der Waals surface area contributed by atoms with Crippen LogP contribution in [-0.2, 0) is 16.1 Å². The van der Waals surface area contributed by atoms with Gasteiger partial charge in [-0.15, -0.1) is 11.8 Å². The molecule has 0 saturated heterocycles. The molecular formula is C20H24N2O2S. The fraction of sp³-hybridized carbons (Fsp3) is 0.300. The number of nitrogens with one attached hydrogen (secondary N) is 1. The molecule has 0 spiro atoms. The van der Waals surface area contributed by atoms with E-state index < -0.39 is 6.04 Å². The molecule has 0 fully saturated rings. The Hall–Kier alpha value is -2.27. The van der Waals surface area contributed by atoms with Crippen LogP contribution in [0, 0.1) is 6.92 Å². The van der Waals surface area contributed by atoms with Gasteiger partial charge in [0.05, 0.1) is 5.75 Å². The van der Waals surface area contributed by atoms with Gasteiger partial charge in [-0.25, -0.2) is 0 Å². The fourth-order valence-electron chi connectivity index (χ4n) is 2.43. The molecule has 0 aliphatic carbocycles. The summed E-state index contributed by atoms with van der Waals surface area (Å²) in [6.07, 6.45) is 0. The normalized spacial score (nSPS) is 11.6. The van der Waals surface area contributed by atoms with Gasteiger partial charge in [0.25, 0.3) is 0 Å². The molecule has 0 radical (unpaired) electrons. The van der Waals surface area contributed by atoms with Crippen LogP contribution in [0.1, 0.15) is 18.1 Å². The van der Waals surface area contributed by atoms with Crippen molar-refractivity contribution in [2.45, 2.75) is 31.3 Å². The van der Waals surface area contributed by atoms with Crippen molar-refractivity contribution >= 4 is 23.6 Å². The highest BCUT2D eigenvalue weighted by Gasteiger charge is 2.25. The van der Waals surface area contributed by atoms with Crippen molar-refractivity contribution in [1.82, 2.24) is 10.2 Å². The summed E-state index contributed by atoms with van der Waals surface area (Å²) < 4.78 is 0. The lowest BCUT2D eigenvalue weighted by Crippen LogP contribution is -2.47. The largest absolute Gasteiger partial charge is 0.357 e. The van der Waals surface area contributed by atoms with E-state index in [1.54, 1.807) is 18.9 Å². The number of rotatable bonds is 7. The third kappa shape index (κ3) is 5.64. The van der Waals surface area contributed by atoms with Crippen molar-refractivity contribution < 1.29 is 9.59 Å². The maximum Gasteiger partial charge on any atom is 0.242 e. The number of hydrogen-bond donors (Lipinski definition) is 1. The molecule has 2 aromatic carbocycles. The lowest BCUT2D eigenvalue weighted by atomic mass is 10.1. The third-order valence-corrected chi connectivity index (χ3v) is 4.99. The molecule has 1 atom stereocenters. The molecule has 2 rings (SSSR count). The number of benzene rings is 2. The minimum absolute atomic E-state index is 0.0504. The molecule has 0 aliphatic heterocycles. The van der Waals surface area contributed by atoms with Gasteiger partial charge in [0, 0.05) is 18.5 Å². The smallest absolute Gasteiger partial charge is 0.242 e. The first-order valence-electron chi connectivity index (χ1n) is 8.25. The van der Waals surface area contributed by atoms with E-state index in [1.165, 1.54) is 17.3 Å². The second-order valence-electron chi connectivity index (χ2n) is 5.90. The summed E-state index contributed by atoms with van der Waals surface area (Å²) in [7, 11) is 1.59. The van der Waals surface area contributed by atoms with Crippen molar-refractivity contribution in [3.63, 3.8) is 0 Å². The van der Waals surface area contributed by atoms with Gasteiger partial charge in [-0.1, -0.05) is 48.0 Å². The number of nitrogens with zero attached hydrogens (tertiary/aromatic N) is 1. The first-order chi connectivity index (χ1) is 12.0. The first-order valence-corrected chi connectivity index (χ1v) is 9.24. The van der Waals surface area contributed by atoms with Crippen molar-refractivity contribution in [2.24, 2.45) is 0 Å². The summed E-state index contributed by atoms with van der Waals surface area (Å²) in [4.78, 5) is 27.5. The van der Waals surface area contributed by atoms with Crippen molar-refractivity contribution in [2.75, 3.05) is 12.8 Å². The average molecular weight is 356 g/mol. The van der Waals surface area contributed by atoms with Crippen molar-refractivity contribution in [3.05, 3.63) is 65.7 Å². The molecule has 0 unspecified atom stereocenters. The van der Waals surface area contributed by atoms with Gasteiger partial charge in [0.15, 0.2) is 0 Å². The van der Waals surface area contributed by atoms with Gasteiger partial charge in [-0.2, -0.15) is 0 Å². The summed E-state index contributed by atoms with van der Waals surface area (Å²) >= 11 is 1.49. The molecule has 2 amide bonds. The first kappa shape index (κ1) is 19.1. The highest BCUT2D eigenvalue weighted by atomic mass is 32.2. The predicted octanol–water partition coefficient (Wildman–Crippen LogP) is 3.25. The highest BCUT2D eigenvalue weighted by molar-refractivity contribution is 8.00. The van der Waals surface area contributed by atoms with E-state index in [-0.39, 0.29) is 11.8 Å². The summed E-state index contributed by atoms with van der Waals surface area (Å²) in [5, 5.41) is 2.63. The Morgan fingerprint density at radius 1 is 1.08 bits per heavy atom. The molecule has 4 nitrogen and oxygen atoms in total. The maximum absolute atomic E-state index is 12.8. The molecule has 0 aromatic heterocycles. The van der Waals surface area contributed by atoms with Crippen LogP contribution in [0.25, 0.3) is 0 Å². The molecule has 2 aromatic rings. The minimum Gasteiger partial charge on any atom is -0.357 e. The van der Waals surface area contributed by atoms with Gasteiger partial charge < -0.3 is 10.2 Å². The zero-order valence-corrected chi connectivity index (χ0v) is 15.7. The van der Waals surface area contributed by atoms with E-state index in [4.69, 9.17) is 0 Å². The Balaban J connectivity index is 2.08. The van der Waals surface area contributed by atoms with E-state index in [1.807, 2.05) is 61.5 Å². The van der Waals surface area contributed by atoms with Crippen molar-refractivity contribution in [3.8, 4) is 0 Å². The second kappa shape index (κ2) is 9.28. The number of carbonyl (C=O) groups is 2. The van der Waals surface area contributed by atoms with Crippen LogP contribution < -0.4 is 5.32 Å². The average Bonchev–Trinajstić information content (AvgIpc) is 2.65. The van der Waals surface area contributed by atoms with Gasteiger partial charge in [-0.05, 0) is 31.5 Å². The topological polar surface area (TPSA) is 49.4 Å². The van der Waals surface area contributed by atoms with Gasteiger partial charge in [-0.3, -0.25) is 9.59 Å². The van der Waals surface area contributed by atoms with E-state index in [0.29, 0.717) is 12.3 Å². The van der Waals surface area contributed by atoms with Gasteiger partial charge in [0.1, 0.15) is 6.04 Å². The van der Waals surface area contributed by atoms with E-state index in [9.17, 15) is 9.59 Å². The van der Waals surface area contributed by atoms with Crippen LogP contribution in [0.15, 0.2) is 59.5 Å². The molecule has 0 bridgehead atoms. The predicted molar refractivity (Wildman–Crippen MR) is 102 cm³/mol. The van der Waals surface area contributed by atoms with Crippen LogP contribution in [-0.4, -0.2) is 35.6 Å². The van der Waals surface area contributed by atoms with Crippen molar-refractivity contribution in [1.29, 1.82) is 0 Å². The Bertz CT molecular complexity index is 701. The summed E-state index contributed by atoms with van der Waals surface area (Å²) in [5.41, 5.74) is 2.20. The molecule has 5 heteroatoms. The Morgan fingerprint density at radius 3 is 2.32 bits per heavy atom. The number of carbonyl (C=O) groups excluding carboxylic acids is 2. The van der Waals surface area contributed by atoms with E-state index >= 15 is 0 Å². The second-order valence-corrected chi connectivity index (χ2v) is 6.95. The third-order valence-electron chi connectivity index (χ3n) is 3.99. The van der Waals surface area contributed by atoms with Gasteiger partial charge >= 0.3 is 0 Å². The SMILES string of the molecule is CNC(=O)[C@@H](C)N(Cc1ccccc1)C(=O)CSc1ccc(C)cc1. The summed E-state index contributed by atoms with van der Waals surface area (Å²) in [6.45, 7) is 4.21. The molecule has 0 heterocycles. The molecular weight excluding hydrogens is 332 g/mol. The van der Waals surface area contributed by atoms with E-state index in [2.05, 4.69) is 5.32 Å². The fourth-order valence-corrected chi connectivity index (χ4v) is 3.22. The molecule has 0 aliphatic rings. The number of thioether (sulfide) groups is 1. The zero-order chi connectivity index (χ0) is 18.2. The Morgan fingerprint density at radius 2 is 1.72 bits per heavy atom. The molecule has 0 saturated carbocycles. The van der Waals surface area contributed by atoms with Crippen LogP contribution in [0.3, 0.4) is 0 Å². The van der Waals surface area contributed by atoms with Crippen LogP contribution in [0.5, 0.6) is 0 Å². The standard InChI is InChI=1S/C20H24N2O2S/c1-15-9-11-18(12-10-15)25-14-19(23)22(16(2)20(24)21-3)13-17-7-5-4-6-8-17/h4-12,16H,13-14H2,1-3H3,(H,21,24)/t16-/m1/s1. The Labute approximate surface area is 153 Å². The lowest BCUT2D eigenvalue weighted by Gasteiger charge is -2.28. The maximum atomic E-state index is 12.8. The number of aryl methyl sites for hydroxylation is 1. The monoisotopic (exact) mass is 356 g/mol.